The van der Waals surface area contributed by atoms with Crippen LogP contribution in [0.3, 0.4) is 0 Å². The summed E-state index contributed by atoms with van der Waals surface area (Å²) in [7, 11) is 0. The highest BCUT2D eigenvalue weighted by Gasteiger charge is 2.29. The minimum atomic E-state index is -1.01. The van der Waals surface area contributed by atoms with Gasteiger partial charge in [-0.3, -0.25) is 4.79 Å². The lowest BCUT2D eigenvalue weighted by molar-refractivity contribution is -0.141. The molecule has 0 aromatic heterocycles. The van der Waals surface area contributed by atoms with E-state index in [1.165, 1.54) is 0 Å². The highest BCUT2D eigenvalue weighted by molar-refractivity contribution is 5.79. The molecule has 2 N–H and O–H groups in total. The Hall–Kier alpha value is -3.51. The number of alkyl carbamates (subject to hydrolysis) is 1. The molecule has 3 rings (SSSR count). The Labute approximate surface area is 168 Å². The van der Waals surface area contributed by atoms with E-state index in [0.717, 1.165) is 22.3 Å². The van der Waals surface area contributed by atoms with Crippen molar-refractivity contribution in [2.45, 2.75) is 18.8 Å². The molecule has 29 heavy (non-hydrogen) atoms. The van der Waals surface area contributed by atoms with Crippen molar-refractivity contribution in [3.63, 3.8) is 0 Å². The van der Waals surface area contributed by atoms with Gasteiger partial charge in [-0.1, -0.05) is 53.6 Å². The average Bonchev–Trinajstić information content (AvgIpc) is 3.05. The minimum absolute atomic E-state index is 0.0394. The summed E-state index contributed by atoms with van der Waals surface area (Å²) < 4.78 is 5.40. The van der Waals surface area contributed by atoms with Gasteiger partial charge in [0.25, 0.3) is 0 Å². The number of carboxylic acid groups (broad SMARTS) is 1. The lowest BCUT2D eigenvalue weighted by Crippen LogP contribution is -2.34. The maximum Gasteiger partial charge on any atom is 0.407 e. The van der Waals surface area contributed by atoms with Crippen LogP contribution in [0.1, 0.15) is 29.9 Å². The van der Waals surface area contributed by atoms with Crippen LogP contribution in [0.5, 0.6) is 0 Å². The number of benzene rings is 2. The first-order chi connectivity index (χ1) is 14.1. The Balaban J connectivity index is 1.55. The zero-order valence-corrected chi connectivity index (χ0v) is 15.8. The predicted octanol–water partition coefficient (Wildman–Crippen LogP) is 4.32. The van der Waals surface area contributed by atoms with E-state index < -0.39 is 18.0 Å². The third-order valence-electron chi connectivity index (χ3n) is 5.06. The van der Waals surface area contributed by atoms with Crippen LogP contribution in [0, 0.1) is 5.92 Å². The van der Waals surface area contributed by atoms with Crippen molar-refractivity contribution in [3.8, 4) is 11.1 Å². The average molecular weight is 394 g/mol. The minimum Gasteiger partial charge on any atom is -0.481 e. The van der Waals surface area contributed by atoms with Crippen molar-refractivity contribution in [2.75, 3.05) is 19.7 Å². The summed E-state index contributed by atoms with van der Waals surface area (Å²) in [5.41, 5.74) is 12.8. The maximum absolute atomic E-state index is 12.1. The van der Waals surface area contributed by atoms with Crippen LogP contribution in [-0.2, 0) is 9.53 Å². The molecule has 1 aliphatic rings. The zero-order chi connectivity index (χ0) is 20.6. The van der Waals surface area contributed by atoms with E-state index in [2.05, 4.69) is 27.5 Å². The second-order valence-corrected chi connectivity index (χ2v) is 6.84. The van der Waals surface area contributed by atoms with Crippen LogP contribution >= 0.6 is 0 Å². The number of azide groups is 1. The van der Waals surface area contributed by atoms with E-state index >= 15 is 0 Å². The van der Waals surface area contributed by atoms with Gasteiger partial charge in [-0.25, -0.2) is 4.79 Å². The fourth-order valence-electron chi connectivity index (χ4n) is 3.62. The number of fused-ring (bicyclic) bond motifs is 3. The Morgan fingerprint density at radius 1 is 1.14 bits per heavy atom. The van der Waals surface area contributed by atoms with Crippen molar-refractivity contribution in [2.24, 2.45) is 11.0 Å². The highest BCUT2D eigenvalue weighted by atomic mass is 16.5. The molecule has 1 amide bonds. The highest BCUT2D eigenvalue weighted by Crippen LogP contribution is 2.44. The van der Waals surface area contributed by atoms with Crippen LogP contribution in [0.25, 0.3) is 21.6 Å². The molecule has 2 aromatic carbocycles. The predicted molar refractivity (Wildman–Crippen MR) is 107 cm³/mol. The lowest BCUT2D eigenvalue weighted by atomic mass is 9.98. The number of hydrogen-bond acceptors (Lipinski definition) is 4. The number of nitrogens with one attached hydrogen (secondary N) is 1. The normalized spacial score (nSPS) is 13.0. The van der Waals surface area contributed by atoms with E-state index in [1.54, 1.807) is 0 Å². The number of hydrogen-bond donors (Lipinski definition) is 2. The van der Waals surface area contributed by atoms with Gasteiger partial charge >= 0.3 is 12.1 Å². The molecule has 0 spiro atoms. The van der Waals surface area contributed by atoms with E-state index in [9.17, 15) is 14.7 Å². The lowest BCUT2D eigenvalue weighted by Gasteiger charge is -2.16. The van der Waals surface area contributed by atoms with Crippen molar-refractivity contribution in [1.82, 2.24) is 5.32 Å². The monoisotopic (exact) mass is 394 g/mol. The first kappa shape index (κ1) is 20.2. The van der Waals surface area contributed by atoms with Gasteiger partial charge in [0.1, 0.15) is 6.61 Å². The number of carbonyl (C=O) groups is 2. The molecule has 8 heteroatoms. The van der Waals surface area contributed by atoms with Crippen molar-refractivity contribution >= 4 is 12.1 Å². The first-order valence-electron chi connectivity index (χ1n) is 9.44. The maximum atomic E-state index is 12.1. The Bertz CT molecular complexity index is 894. The fourth-order valence-corrected chi connectivity index (χ4v) is 3.62. The van der Waals surface area contributed by atoms with Gasteiger partial charge in [0.15, 0.2) is 0 Å². The van der Waals surface area contributed by atoms with Crippen LogP contribution < -0.4 is 5.32 Å². The standard InChI is InChI=1S/C21H22N4O4/c22-25-24-11-5-6-14(20(26)27)12-23-21(28)29-13-19-17-9-3-1-7-15(17)16-8-2-4-10-18(16)19/h1-4,7-10,14,19H,5-6,11-13H2,(H,23,28)(H,26,27)/t14-/m1/s1. The third kappa shape index (κ3) is 4.86. The number of ether oxygens (including phenoxy) is 1. The summed E-state index contributed by atoms with van der Waals surface area (Å²) in [4.78, 5) is 26.1. The largest absolute Gasteiger partial charge is 0.481 e. The molecule has 0 saturated heterocycles. The molecule has 0 heterocycles. The first-order valence-corrected chi connectivity index (χ1v) is 9.44. The van der Waals surface area contributed by atoms with Gasteiger partial charge in [0.2, 0.25) is 0 Å². The van der Waals surface area contributed by atoms with E-state index in [0.29, 0.717) is 12.8 Å². The van der Waals surface area contributed by atoms with Crippen molar-refractivity contribution < 1.29 is 19.4 Å². The molecule has 0 aliphatic heterocycles. The van der Waals surface area contributed by atoms with Crippen LogP contribution in [0.4, 0.5) is 4.79 Å². The SMILES string of the molecule is [N-]=[N+]=NCCC[C@H](CNC(=O)OCC1c2ccccc2-c2ccccc21)C(=O)O. The molecular weight excluding hydrogens is 372 g/mol. The molecule has 1 aliphatic carbocycles. The quantitative estimate of drug-likeness (QED) is 0.284. The van der Waals surface area contributed by atoms with Crippen molar-refractivity contribution in [1.29, 1.82) is 0 Å². The number of amides is 1. The number of carbonyl (C=O) groups excluding carboxylic acids is 1. The Morgan fingerprint density at radius 3 is 2.34 bits per heavy atom. The summed E-state index contributed by atoms with van der Waals surface area (Å²) in [6.07, 6.45) is 0.0962. The van der Waals surface area contributed by atoms with Gasteiger partial charge in [0, 0.05) is 23.9 Å². The Morgan fingerprint density at radius 2 is 1.76 bits per heavy atom. The molecule has 0 unspecified atom stereocenters. The molecule has 0 saturated carbocycles. The number of rotatable bonds is 9. The topological polar surface area (TPSA) is 124 Å². The number of nitrogens with zero attached hydrogens (tertiary/aromatic N) is 3. The molecule has 1 atom stereocenters. The zero-order valence-electron chi connectivity index (χ0n) is 15.8. The molecule has 0 radical (unpaired) electrons. The fraction of sp³-hybridized carbons (Fsp3) is 0.333. The molecular formula is C21H22N4O4. The number of carboxylic acids is 1. The molecule has 0 bridgehead atoms. The summed E-state index contributed by atoms with van der Waals surface area (Å²) in [6, 6.07) is 16.1. The van der Waals surface area contributed by atoms with Gasteiger partial charge in [-0.2, -0.15) is 0 Å². The van der Waals surface area contributed by atoms with E-state index in [4.69, 9.17) is 10.3 Å². The van der Waals surface area contributed by atoms with Gasteiger partial charge in [-0.05, 0) is 40.6 Å². The van der Waals surface area contributed by atoms with Crippen LogP contribution in [0.15, 0.2) is 53.6 Å². The molecule has 0 fully saturated rings. The van der Waals surface area contributed by atoms with Crippen LogP contribution in [-0.4, -0.2) is 36.9 Å². The smallest absolute Gasteiger partial charge is 0.407 e. The Kier molecular flexibility index (Phi) is 6.71. The van der Waals surface area contributed by atoms with Crippen molar-refractivity contribution in [3.05, 3.63) is 70.1 Å². The van der Waals surface area contributed by atoms with Crippen LogP contribution in [0.2, 0.25) is 0 Å². The molecule has 2 aromatic rings. The van der Waals surface area contributed by atoms with Gasteiger partial charge < -0.3 is 15.2 Å². The molecule has 150 valence electrons. The second kappa shape index (κ2) is 9.61. The third-order valence-corrected chi connectivity index (χ3v) is 5.06. The summed E-state index contributed by atoms with van der Waals surface area (Å²) in [5, 5.41) is 15.2. The van der Waals surface area contributed by atoms with E-state index in [-0.39, 0.29) is 25.6 Å². The second-order valence-electron chi connectivity index (χ2n) is 6.84. The molecule has 8 nitrogen and oxygen atoms in total. The summed E-state index contributed by atoms with van der Waals surface area (Å²) in [5.74, 6) is -1.82. The summed E-state index contributed by atoms with van der Waals surface area (Å²) in [6.45, 7) is 0.363. The summed E-state index contributed by atoms with van der Waals surface area (Å²) >= 11 is 0. The van der Waals surface area contributed by atoms with E-state index in [1.807, 2.05) is 36.4 Å². The number of aliphatic carboxylic acids is 1. The van der Waals surface area contributed by atoms with Gasteiger partial charge in [0.05, 0.1) is 5.92 Å². The van der Waals surface area contributed by atoms with Gasteiger partial charge in [-0.15, -0.1) is 0 Å².